The summed E-state index contributed by atoms with van der Waals surface area (Å²) in [5.74, 6) is 0.995. The fourth-order valence-electron chi connectivity index (χ4n) is 2.33. The molecule has 1 rings (SSSR count). The van der Waals surface area contributed by atoms with Crippen LogP contribution in [0.25, 0.3) is 0 Å². The normalized spacial score (nSPS) is 27.2. The molecule has 1 N–H and O–H groups in total. The lowest BCUT2D eigenvalue weighted by Gasteiger charge is -2.28. The molecule has 0 spiro atoms. The second kappa shape index (κ2) is 7.24. The molecule has 0 aliphatic heterocycles. The molecule has 1 saturated carbocycles. The van der Waals surface area contributed by atoms with Crippen LogP contribution in [0.15, 0.2) is 0 Å². The minimum atomic E-state index is 0.364. The van der Waals surface area contributed by atoms with Crippen molar-refractivity contribution in [1.82, 2.24) is 5.32 Å². The van der Waals surface area contributed by atoms with Crippen molar-refractivity contribution in [3.63, 3.8) is 0 Å². The van der Waals surface area contributed by atoms with E-state index >= 15 is 0 Å². The maximum Gasteiger partial charge on any atom is 0.0594 e. The molecule has 0 aromatic carbocycles. The topological polar surface area (TPSA) is 21.3 Å². The van der Waals surface area contributed by atoms with Crippen LogP contribution in [0.3, 0.4) is 0 Å². The first-order valence-electron chi connectivity index (χ1n) is 6.57. The highest BCUT2D eigenvalue weighted by Crippen LogP contribution is 2.26. The average Bonchev–Trinajstić information content (AvgIpc) is 2.25. The molecule has 0 heterocycles. The van der Waals surface area contributed by atoms with E-state index in [4.69, 9.17) is 4.74 Å². The van der Waals surface area contributed by atoms with E-state index < -0.39 is 0 Å². The highest BCUT2D eigenvalue weighted by Gasteiger charge is 2.18. The van der Waals surface area contributed by atoms with Gasteiger partial charge < -0.3 is 10.1 Å². The van der Waals surface area contributed by atoms with Crippen LogP contribution in [-0.4, -0.2) is 25.3 Å². The highest BCUT2D eigenvalue weighted by molar-refractivity contribution is 4.76. The molecule has 0 atom stereocenters. The van der Waals surface area contributed by atoms with E-state index in [0.717, 1.165) is 25.1 Å². The van der Waals surface area contributed by atoms with Crippen LogP contribution in [0.1, 0.15) is 52.9 Å². The van der Waals surface area contributed by atoms with Crippen LogP contribution in [0.5, 0.6) is 0 Å². The van der Waals surface area contributed by atoms with Crippen molar-refractivity contribution < 1.29 is 4.74 Å². The van der Waals surface area contributed by atoms with Crippen molar-refractivity contribution >= 4 is 0 Å². The van der Waals surface area contributed by atoms with Crippen molar-refractivity contribution in [2.24, 2.45) is 5.92 Å². The largest absolute Gasteiger partial charge is 0.377 e. The molecule has 2 nitrogen and oxygen atoms in total. The zero-order valence-electron chi connectivity index (χ0n) is 10.6. The molecule has 0 saturated heterocycles. The van der Waals surface area contributed by atoms with Crippen molar-refractivity contribution in [3.8, 4) is 0 Å². The van der Waals surface area contributed by atoms with Crippen LogP contribution >= 0.6 is 0 Å². The minimum absolute atomic E-state index is 0.364. The van der Waals surface area contributed by atoms with E-state index in [9.17, 15) is 0 Å². The summed E-state index contributed by atoms with van der Waals surface area (Å²) in [6.45, 7) is 8.36. The quantitative estimate of drug-likeness (QED) is 0.685. The Morgan fingerprint density at radius 2 is 1.87 bits per heavy atom. The van der Waals surface area contributed by atoms with Crippen molar-refractivity contribution in [2.75, 3.05) is 13.2 Å². The second-order valence-corrected chi connectivity index (χ2v) is 5.00. The smallest absolute Gasteiger partial charge is 0.0594 e. The van der Waals surface area contributed by atoms with Gasteiger partial charge in [-0.1, -0.05) is 13.3 Å². The lowest BCUT2D eigenvalue weighted by atomic mass is 9.84. The molecule has 1 aliphatic rings. The van der Waals surface area contributed by atoms with Gasteiger partial charge in [0.05, 0.1) is 12.7 Å². The predicted octanol–water partition coefficient (Wildman–Crippen LogP) is 2.97. The van der Waals surface area contributed by atoms with Crippen LogP contribution < -0.4 is 5.32 Å². The fourth-order valence-corrected chi connectivity index (χ4v) is 2.33. The third-order valence-electron chi connectivity index (χ3n) is 3.41. The predicted molar refractivity (Wildman–Crippen MR) is 65.1 cm³/mol. The van der Waals surface area contributed by atoms with E-state index in [1.165, 1.54) is 32.1 Å². The number of hydrogen-bond acceptors (Lipinski definition) is 2. The summed E-state index contributed by atoms with van der Waals surface area (Å²) in [5, 5.41) is 3.60. The SMILES string of the molecule is CCC1CCC(NCCOC(C)C)CC1. The third-order valence-corrected chi connectivity index (χ3v) is 3.41. The molecule has 2 heteroatoms. The van der Waals surface area contributed by atoms with E-state index in [0.29, 0.717) is 6.10 Å². The summed E-state index contributed by atoms with van der Waals surface area (Å²) < 4.78 is 5.51. The van der Waals surface area contributed by atoms with Gasteiger partial charge in [-0.2, -0.15) is 0 Å². The summed E-state index contributed by atoms with van der Waals surface area (Å²) >= 11 is 0. The first-order chi connectivity index (χ1) is 7.22. The first-order valence-corrected chi connectivity index (χ1v) is 6.57. The summed E-state index contributed by atoms with van der Waals surface area (Å²) in [5.41, 5.74) is 0. The molecule has 1 fully saturated rings. The Hall–Kier alpha value is -0.0800. The molecular weight excluding hydrogens is 186 g/mol. The van der Waals surface area contributed by atoms with Gasteiger partial charge >= 0.3 is 0 Å². The Labute approximate surface area is 94.8 Å². The number of nitrogens with one attached hydrogen (secondary N) is 1. The molecule has 0 bridgehead atoms. The number of ether oxygens (including phenoxy) is 1. The number of hydrogen-bond donors (Lipinski definition) is 1. The highest BCUT2D eigenvalue weighted by atomic mass is 16.5. The van der Waals surface area contributed by atoms with Gasteiger partial charge in [0.2, 0.25) is 0 Å². The van der Waals surface area contributed by atoms with E-state index in [1.54, 1.807) is 0 Å². The maximum absolute atomic E-state index is 5.51. The zero-order chi connectivity index (χ0) is 11.1. The molecule has 0 aromatic heterocycles. The van der Waals surface area contributed by atoms with E-state index in [-0.39, 0.29) is 0 Å². The van der Waals surface area contributed by atoms with Crippen LogP contribution in [-0.2, 0) is 4.74 Å². The second-order valence-electron chi connectivity index (χ2n) is 5.00. The average molecular weight is 213 g/mol. The third kappa shape index (κ3) is 5.53. The fraction of sp³-hybridized carbons (Fsp3) is 1.00. The van der Waals surface area contributed by atoms with Gasteiger partial charge in [0.15, 0.2) is 0 Å². The summed E-state index contributed by atoms with van der Waals surface area (Å²) in [7, 11) is 0. The van der Waals surface area contributed by atoms with Crippen LogP contribution in [0, 0.1) is 5.92 Å². The lowest BCUT2D eigenvalue weighted by molar-refractivity contribution is 0.0780. The van der Waals surface area contributed by atoms with E-state index in [1.807, 2.05) is 0 Å². The summed E-state index contributed by atoms with van der Waals surface area (Å²) in [6, 6.07) is 0.753. The molecular formula is C13H27NO. The van der Waals surface area contributed by atoms with Crippen LogP contribution in [0.4, 0.5) is 0 Å². The van der Waals surface area contributed by atoms with Gasteiger partial charge in [-0.25, -0.2) is 0 Å². The van der Waals surface area contributed by atoms with Crippen molar-refractivity contribution in [2.45, 2.75) is 65.0 Å². The molecule has 1 aliphatic carbocycles. The maximum atomic E-state index is 5.51. The van der Waals surface area contributed by atoms with Crippen LogP contribution in [0.2, 0.25) is 0 Å². The first kappa shape index (κ1) is 13.0. The standard InChI is InChI=1S/C13H27NO/c1-4-12-5-7-13(8-6-12)14-9-10-15-11(2)3/h11-14H,4-10H2,1-3H3. The van der Waals surface area contributed by atoms with Gasteiger partial charge in [-0.3, -0.25) is 0 Å². The Morgan fingerprint density at radius 1 is 1.20 bits per heavy atom. The zero-order valence-corrected chi connectivity index (χ0v) is 10.6. The van der Waals surface area contributed by atoms with Gasteiger partial charge in [-0.05, 0) is 45.4 Å². The molecule has 0 aromatic rings. The minimum Gasteiger partial charge on any atom is -0.377 e. The molecule has 0 radical (unpaired) electrons. The van der Waals surface area contributed by atoms with Gasteiger partial charge in [0.1, 0.15) is 0 Å². The van der Waals surface area contributed by atoms with Crippen molar-refractivity contribution in [1.29, 1.82) is 0 Å². The molecule has 15 heavy (non-hydrogen) atoms. The van der Waals surface area contributed by atoms with Gasteiger partial charge in [0, 0.05) is 12.6 Å². The molecule has 0 amide bonds. The molecule has 0 unspecified atom stereocenters. The van der Waals surface area contributed by atoms with E-state index in [2.05, 4.69) is 26.1 Å². The van der Waals surface area contributed by atoms with Gasteiger partial charge in [-0.15, -0.1) is 0 Å². The Kier molecular flexibility index (Phi) is 6.26. The van der Waals surface area contributed by atoms with Gasteiger partial charge in [0.25, 0.3) is 0 Å². The number of rotatable bonds is 6. The Balaban J connectivity index is 1.99. The Bertz CT molecular complexity index is 151. The monoisotopic (exact) mass is 213 g/mol. The Morgan fingerprint density at radius 3 is 2.40 bits per heavy atom. The summed E-state index contributed by atoms with van der Waals surface area (Å²) in [6.07, 6.45) is 7.28. The van der Waals surface area contributed by atoms with Crippen molar-refractivity contribution in [3.05, 3.63) is 0 Å². The lowest BCUT2D eigenvalue weighted by Crippen LogP contribution is -2.35. The summed E-state index contributed by atoms with van der Waals surface area (Å²) in [4.78, 5) is 0. The molecule has 90 valence electrons.